The van der Waals surface area contributed by atoms with Gasteiger partial charge in [0, 0.05) is 25.7 Å². The van der Waals surface area contributed by atoms with Crippen LogP contribution in [0.15, 0.2) is 32.7 Å². The highest BCUT2D eigenvalue weighted by molar-refractivity contribution is 7.99. The smallest absolute Gasteiger partial charge is 0.277 e. The van der Waals surface area contributed by atoms with E-state index in [1.54, 1.807) is 6.07 Å². The summed E-state index contributed by atoms with van der Waals surface area (Å²) >= 11 is 1.17. The topological polar surface area (TPSA) is 105 Å². The lowest BCUT2D eigenvalue weighted by atomic mass is 9.89. The van der Waals surface area contributed by atoms with Crippen LogP contribution in [0, 0.1) is 6.92 Å². The molecular weight excluding hydrogens is 412 g/mol. The molecule has 0 unspecified atom stereocenters. The van der Waals surface area contributed by atoms with Crippen molar-refractivity contribution in [2.75, 3.05) is 25.2 Å². The molecule has 1 N–H and O–H groups in total. The molecule has 1 amide bonds. The standard InChI is InChI=1S/C19H26N4O4S2/c1-13-9-10-15(29(25,26)23(2)3)11-16(13)20-17(24)12-28-19-22-21-18(27-19)14-7-5-4-6-8-14/h9-11,14H,4-8,12H2,1-3H3,(H,20,24). The van der Waals surface area contributed by atoms with Crippen molar-refractivity contribution in [3.63, 3.8) is 0 Å². The maximum atomic E-state index is 12.4. The molecule has 8 nitrogen and oxygen atoms in total. The van der Waals surface area contributed by atoms with Crippen molar-refractivity contribution in [1.29, 1.82) is 0 Å². The summed E-state index contributed by atoms with van der Waals surface area (Å²) in [4.78, 5) is 12.5. The van der Waals surface area contributed by atoms with Gasteiger partial charge in [0.25, 0.3) is 5.22 Å². The van der Waals surface area contributed by atoms with Crippen molar-refractivity contribution < 1.29 is 17.6 Å². The van der Waals surface area contributed by atoms with Gasteiger partial charge in [-0.1, -0.05) is 37.1 Å². The fourth-order valence-electron chi connectivity index (χ4n) is 3.21. The average molecular weight is 439 g/mol. The first-order chi connectivity index (χ1) is 13.8. The summed E-state index contributed by atoms with van der Waals surface area (Å²) in [7, 11) is -0.635. The van der Waals surface area contributed by atoms with Crippen LogP contribution >= 0.6 is 11.8 Å². The summed E-state index contributed by atoms with van der Waals surface area (Å²) in [5.74, 6) is 0.805. The third-order valence-corrected chi connectivity index (χ3v) is 7.59. The average Bonchev–Trinajstić information content (AvgIpc) is 3.17. The number of hydrogen-bond acceptors (Lipinski definition) is 7. The number of nitrogens with one attached hydrogen (secondary N) is 1. The molecule has 0 atom stereocenters. The lowest BCUT2D eigenvalue weighted by Gasteiger charge is -2.17. The number of benzene rings is 1. The van der Waals surface area contributed by atoms with E-state index in [0.717, 1.165) is 22.7 Å². The molecular formula is C19H26N4O4S2. The number of amides is 1. The zero-order chi connectivity index (χ0) is 21.0. The number of carbonyl (C=O) groups is 1. The Hall–Kier alpha value is -1.91. The highest BCUT2D eigenvalue weighted by Gasteiger charge is 2.22. The van der Waals surface area contributed by atoms with E-state index < -0.39 is 10.0 Å². The van der Waals surface area contributed by atoms with Gasteiger partial charge in [-0.25, -0.2) is 12.7 Å². The van der Waals surface area contributed by atoms with Gasteiger partial charge >= 0.3 is 0 Å². The third-order valence-electron chi connectivity index (χ3n) is 4.96. The van der Waals surface area contributed by atoms with Gasteiger partial charge in [-0.3, -0.25) is 4.79 Å². The van der Waals surface area contributed by atoms with Crippen LogP contribution in [-0.4, -0.2) is 48.7 Å². The molecule has 1 aliphatic carbocycles. The van der Waals surface area contributed by atoms with Gasteiger partial charge in [0.05, 0.1) is 10.6 Å². The van der Waals surface area contributed by atoms with Crippen molar-refractivity contribution in [3.8, 4) is 0 Å². The first-order valence-corrected chi connectivity index (χ1v) is 12.0. The van der Waals surface area contributed by atoms with Crippen molar-refractivity contribution in [1.82, 2.24) is 14.5 Å². The van der Waals surface area contributed by atoms with Gasteiger partial charge in [0.2, 0.25) is 21.8 Å². The minimum Gasteiger partial charge on any atom is -0.416 e. The summed E-state index contributed by atoms with van der Waals surface area (Å²) < 4.78 is 31.5. The van der Waals surface area contributed by atoms with Crippen LogP contribution in [0.2, 0.25) is 0 Å². The Balaban J connectivity index is 1.60. The number of aromatic nitrogens is 2. The van der Waals surface area contributed by atoms with Gasteiger partial charge < -0.3 is 9.73 Å². The first-order valence-electron chi connectivity index (χ1n) is 9.56. The van der Waals surface area contributed by atoms with E-state index in [1.807, 2.05) is 6.92 Å². The van der Waals surface area contributed by atoms with E-state index in [0.29, 0.717) is 22.7 Å². The third kappa shape index (κ3) is 5.37. The minimum atomic E-state index is -3.57. The zero-order valence-corrected chi connectivity index (χ0v) is 18.5. The van der Waals surface area contributed by atoms with Crippen molar-refractivity contribution in [2.45, 2.75) is 55.1 Å². The summed E-state index contributed by atoms with van der Waals surface area (Å²) in [6, 6.07) is 4.68. The SMILES string of the molecule is Cc1ccc(S(=O)(=O)N(C)C)cc1NC(=O)CSc1nnc(C2CCCCC2)o1. The predicted molar refractivity (Wildman–Crippen MR) is 112 cm³/mol. The highest BCUT2D eigenvalue weighted by atomic mass is 32.2. The van der Waals surface area contributed by atoms with Crippen LogP contribution in [0.3, 0.4) is 0 Å². The van der Waals surface area contributed by atoms with Gasteiger partial charge in [0.15, 0.2) is 0 Å². The maximum Gasteiger partial charge on any atom is 0.277 e. The van der Waals surface area contributed by atoms with E-state index in [2.05, 4.69) is 15.5 Å². The molecule has 10 heteroatoms. The molecule has 1 saturated carbocycles. The Morgan fingerprint density at radius 3 is 2.66 bits per heavy atom. The van der Waals surface area contributed by atoms with Crippen LogP contribution in [0.1, 0.15) is 49.5 Å². The van der Waals surface area contributed by atoms with Crippen LogP contribution in [0.5, 0.6) is 0 Å². The molecule has 1 aliphatic rings. The van der Waals surface area contributed by atoms with Crippen molar-refractivity contribution >= 4 is 33.4 Å². The predicted octanol–water partition coefficient (Wildman–Crippen LogP) is 3.41. The molecule has 1 fully saturated rings. The van der Waals surface area contributed by atoms with E-state index >= 15 is 0 Å². The Bertz CT molecular complexity index is 966. The second-order valence-corrected chi connectivity index (χ2v) is 10.4. The summed E-state index contributed by atoms with van der Waals surface area (Å²) in [6.07, 6.45) is 5.75. The Morgan fingerprint density at radius 2 is 1.97 bits per heavy atom. The Labute approximate surface area is 175 Å². The quantitative estimate of drug-likeness (QED) is 0.660. The van der Waals surface area contributed by atoms with Crippen LogP contribution in [-0.2, 0) is 14.8 Å². The van der Waals surface area contributed by atoms with Crippen LogP contribution in [0.4, 0.5) is 5.69 Å². The second-order valence-electron chi connectivity index (χ2n) is 7.34. The number of hydrogen-bond donors (Lipinski definition) is 1. The van der Waals surface area contributed by atoms with Crippen LogP contribution in [0.25, 0.3) is 0 Å². The summed E-state index contributed by atoms with van der Waals surface area (Å²) in [6.45, 7) is 1.81. The molecule has 0 spiro atoms. The molecule has 0 bridgehead atoms. The van der Waals surface area contributed by atoms with E-state index in [-0.39, 0.29) is 16.6 Å². The molecule has 2 aromatic rings. The maximum absolute atomic E-state index is 12.4. The number of anilines is 1. The number of carbonyl (C=O) groups excluding carboxylic acids is 1. The van der Waals surface area contributed by atoms with Gasteiger partial charge in [0.1, 0.15) is 0 Å². The molecule has 1 heterocycles. The molecule has 0 aliphatic heterocycles. The van der Waals surface area contributed by atoms with Crippen molar-refractivity contribution in [2.24, 2.45) is 0 Å². The molecule has 3 rings (SSSR count). The molecule has 0 saturated heterocycles. The molecule has 29 heavy (non-hydrogen) atoms. The van der Waals surface area contributed by atoms with E-state index in [4.69, 9.17) is 4.42 Å². The lowest BCUT2D eigenvalue weighted by Crippen LogP contribution is -2.22. The number of sulfonamides is 1. The molecule has 158 valence electrons. The first kappa shape index (κ1) is 21.8. The summed E-state index contributed by atoms with van der Waals surface area (Å²) in [5.41, 5.74) is 1.24. The number of aryl methyl sites for hydroxylation is 1. The fourth-order valence-corrected chi connectivity index (χ4v) is 4.71. The van der Waals surface area contributed by atoms with E-state index in [1.165, 1.54) is 57.3 Å². The number of rotatable bonds is 7. The minimum absolute atomic E-state index is 0.0936. The van der Waals surface area contributed by atoms with Gasteiger partial charge in [-0.2, -0.15) is 0 Å². The monoisotopic (exact) mass is 438 g/mol. The fraction of sp³-hybridized carbons (Fsp3) is 0.526. The number of nitrogens with zero attached hydrogens (tertiary/aromatic N) is 3. The van der Waals surface area contributed by atoms with Gasteiger partial charge in [-0.05, 0) is 37.5 Å². The molecule has 0 radical (unpaired) electrons. The summed E-state index contributed by atoms with van der Waals surface area (Å²) in [5, 5.41) is 11.3. The zero-order valence-electron chi connectivity index (χ0n) is 16.8. The molecule has 1 aromatic heterocycles. The Morgan fingerprint density at radius 1 is 1.24 bits per heavy atom. The second kappa shape index (κ2) is 9.27. The largest absolute Gasteiger partial charge is 0.416 e. The normalized spacial score (nSPS) is 15.6. The highest BCUT2D eigenvalue weighted by Crippen LogP contribution is 2.33. The van der Waals surface area contributed by atoms with E-state index in [9.17, 15) is 13.2 Å². The van der Waals surface area contributed by atoms with Gasteiger partial charge in [-0.15, -0.1) is 10.2 Å². The molecule has 1 aromatic carbocycles. The van der Waals surface area contributed by atoms with Crippen LogP contribution < -0.4 is 5.32 Å². The Kier molecular flexibility index (Phi) is 6.97. The van der Waals surface area contributed by atoms with Crippen molar-refractivity contribution in [3.05, 3.63) is 29.7 Å². The number of thioether (sulfide) groups is 1. The lowest BCUT2D eigenvalue weighted by molar-refractivity contribution is -0.113.